The minimum Gasteiger partial charge on any atom is -0.288 e. The molecule has 0 aromatic heterocycles. The van der Waals surface area contributed by atoms with Gasteiger partial charge in [-0.25, -0.2) is 5.48 Å². The van der Waals surface area contributed by atoms with Crippen LogP contribution in [0, 0.1) is 5.92 Å². The van der Waals surface area contributed by atoms with E-state index in [0.29, 0.717) is 11.8 Å². The van der Waals surface area contributed by atoms with Crippen LogP contribution < -0.4 is 5.48 Å². The maximum absolute atomic E-state index is 10.9. The Bertz CT molecular complexity index is 708. The van der Waals surface area contributed by atoms with Crippen LogP contribution in [0.4, 0.5) is 0 Å². The first-order valence-electron chi connectivity index (χ1n) is 10.2. The van der Waals surface area contributed by atoms with Gasteiger partial charge in [0.05, 0.1) is 0 Å². The zero-order chi connectivity index (χ0) is 20.1. The minimum absolute atomic E-state index is 0.464. The van der Waals surface area contributed by atoms with Crippen molar-refractivity contribution >= 4 is 16.7 Å². The van der Waals surface area contributed by atoms with Gasteiger partial charge in [0, 0.05) is 6.08 Å². The number of unbranched alkanes of at least 4 members (excludes halogenated alkanes) is 2. The second-order valence-electron chi connectivity index (χ2n) is 6.76. The molecule has 0 bridgehead atoms. The fourth-order valence-electron chi connectivity index (χ4n) is 3.36. The molecule has 3 nitrogen and oxygen atoms in total. The summed E-state index contributed by atoms with van der Waals surface area (Å²) in [6, 6.07) is 15.4. The van der Waals surface area contributed by atoms with E-state index in [0.717, 1.165) is 25.7 Å². The summed E-state index contributed by atoms with van der Waals surface area (Å²) in [5.41, 5.74) is 3.04. The lowest BCUT2D eigenvalue weighted by Crippen LogP contribution is -2.14. The Kier molecular flexibility index (Phi) is 11.1. The van der Waals surface area contributed by atoms with Crippen molar-refractivity contribution < 1.29 is 10.0 Å². The van der Waals surface area contributed by atoms with E-state index in [2.05, 4.69) is 56.3 Å². The third kappa shape index (κ3) is 7.56. The summed E-state index contributed by atoms with van der Waals surface area (Å²) in [7, 11) is 0. The van der Waals surface area contributed by atoms with E-state index < -0.39 is 5.91 Å². The molecule has 3 heteroatoms. The Morgan fingerprint density at radius 3 is 2.48 bits per heavy atom. The number of carbonyl (C=O) groups excluding carboxylic acids is 1. The maximum atomic E-state index is 10.9. The van der Waals surface area contributed by atoms with E-state index in [-0.39, 0.29) is 0 Å². The molecule has 2 unspecified atom stereocenters. The number of hydrogen-bond acceptors (Lipinski definition) is 2. The minimum atomic E-state index is -0.464. The average Bonchev–Trinajstić information content (AvgIpc) is 2.73. The van der Waals surface area contributed by atoms with Gasteiger partial charge in [0.1, 0.15) is 0 Å². The number of fused-ring (bicyclic) bond motifs is 1. The molecule has 2 aromatic carbocycles. The predicted molar refractivity (Wildman–Crippen MR) is 115 cm³/mol. The molecule has 0 aliphatic rings. The van der Waals surface area contributed by atoms with Gasteiger partial charge in [0.25, 0.3) is 5.91 Å². The van der Waals surface area contributed by atoms with Crippen LogP contribution in [0.5, 0.6) is 0 Å². The van der Waals surface area contributed by atoms with E-state index >= 15 is 0 Å². The van der Waals surface area contributed by atoms with Crippen molar-refractivity contribution in [3.8, 4) is 0 Å². The van der Waals surface area contributed by atoms with E-state index in [9.17, 15) is 4.79 Å². The first-order valence-corrected chi connectivity index (χ1v) is 10.2. The van der Waals surface area contributed by atoms with Crippen LogP contribution in [-0.2, 0) is 4.79 Å². The maximum Gasteiger partial charge on any atom is 0.267 e. The summed E-state index contributed by atoms with van der Waals surface area (Å²) in [6.07, 6.45) is 8.58. The Hall–Kier alpha value is -2.13. The molecule has 0 aliphatic heterocycles. The first-order chi connectivity index (χ1) is 13.2. The van der Waals surface area contributed by atoms with Gasteiger partial charge < -0.3 is 0 Å². The molecular weight excluding hydrogens is 334 g/mol. The number of benzene rings is 2. The van der Waals surface area contributed by atoms with Crippen molar-refractivity contribution in [1.29, 1.82) is 0 Å². The third-order valence-electron chi connectivity index (χ3n) is 5.05. The molecule has 0 aliphatic carbocycles. The molecule has 0 saturated carbocycles. The second kappa shape index (κ2) is 13.1. The molecule has 0 fully saturated rings. The van der Waals surface area contributed by atoms with E-state index in [1.807, 2.05) is 19.9 Å². The van der Waals surface area contributed by atoms with E-state index in [1.165, 1.54) is 28.8 Å². The number of allylic oxidation sites excluding steroid dienone is 1. The molecule has 2 rings (SSSR count). The first kappa shape index (κ1) is 22.9. The molecule has 0 radical (unpaired) electrons. The summed E-state index contributed by atoms with van der Waals surface area (Å²) in [4.78, 5) is 10.9. The smallest absolute Gasteiger partial charge is 0.267 e. The number of hydroxylamine groups is 1. The predicted octanol–water partition coefficient (Wildman–Crippen LogP) is 6.62. The van der Waals surface area contributed by atoms with Gasteiger partial charge in [-0.2, -0.15) is 0 Å². The highest BCUT2D eigenvalue weighted by Crippen LogP contribution is 2.33. The van der Waals surface area contributed by atoms with Crippen LogP contribution in [0.3, 0.4) is 0 Å². The standard InChI is InChI=1S/C22H29NO2.C2H6/c1-3-17(2)21(12-6-4-5-7-13-22(24)23-25)20-15-14-18-10-8-9-11-19(18)16-20;1-2/h7-11,13-17,21,25H,3-6,12H2,1-2H3,(H,23,24);1-2H3/b13-7+;. The van der Waals surface area contributed by atoms with Gasteiger partial charge in [-0.15, -0.1) is 0 Å². The zero-order valence-corrected chi connectivity index (χ0v) is 17.2. The lowest BCUT2D eigenvalue weighted by Gasteiger charge is -2.24. The van der Waals surface area contributed by atoms with E-state index in [1.54, 1.807) is 5.48 Å². The molecule has 0 spiro atoms. The lowest BCUT2D eigenvalue weighted by molar-refractivity contribution is -0.124. The normalized spacial score (nSPS) is 13.1. The van der Waals surface area contributed by atoms with Gasteiger partial charge in [0.15, 0.2) is 0 Å². The molecule has 2 atom stereocenters. The van der Waals surface area contributed by atoms with Crippen molar-refractivity contribution in [2.75, 3.05) is 0 Å². The molecule has 0 heterocycles. The Balaban J connectivity index is 0.00000176. The van der Waals surface area contributed by atoms with Gasteiger partial charge in [-0.1, -0.05) is 89.1 Å². The number of amides is 1. The SMILES string of the molecule is CC.CCC(C)C(CCCC/C=C/C(=O)NO)c1ccc2ccccc2c1. The summed E-state index contributed by atoms with van der Waals surface area (Å²) < 4.78 is 0. The monoisotopic (exact) mass is 369 g/mol. The van der Waals surface area contributed by atoms with Crippen LogP contribution in [0.1, 0.15) is 71.3 Å². The Morgan fingerprint density at radius 1 is 1.11 bits per heavy atom. The summed E-state index contributed by atoms with van der Waals surface area (Å²) >= 11 is 0. The van der Waals surface area contributed by atoms with E-state index in [4.69, 9.17) is 5.21 Å². The molecular formula is C24H35NO2. The number of rotatable bonds is 9. The highest BCUT2D eigenvalue weighted by Gasteiger charge is 2.17. The van der Waals surface area contributed by atoms with Crippen LogP contribution >= 0.6 is 0 Å². The number of hydrogen-bond donors (Lipinski definition) is 2. The Labute approximate surface area is 164 Å². The topological polar surface area (TPSA) is 49.3 Å². The highest BCUT2D eigenvalue weighted by atomic mass is 16.5. The van der Waals surface area contributed by atoms with Crippen molar-refractivity contribution in [1.82, 2.24) is 5.48 Å². The van der Waals surface area contributed by atoms with Gasteiger partial charge in [-0.05, 0) is 47.4 Å². The highest BCUT2D eigenvalue weighted by molar-refractivity contribution is 5.86. The summed E-state index contributed by atoms with van der Waals surface area (Å²) in [6.45, 7) is 8.60. The van der Waals surface area contributed by atoms with Crippen molar-refractivity contribution in [3.63, 3.8) is 0 Å². The van der Waals surface area contributed by atoms with Gasteiger partial charge in [0.2, 0.25) is 0 Å². The van der Waals surface area contributed by atoms with Crippen molar-refractivity contribution in [2.24, 2.45) is 5.92 Å². The molecule has 27 heavy (non-hydrogen) atoms. The number of carbonyl (C=O) groups is 1. The summed E-state index contributed by atoms with van der Waals surface area (Å²) in [5, 5.41) is 11.1. The molecule has 2 N–H and O–H groups in total. The summed E-state index contributed by atoms with van der Waals surface area (Å²) in [5.74, 6) is 0.754. The number of nitrogens with one attached hydrogen (secondary N) is 1. The quantitative estimate of drug-likeness (QED) is 0.226. The lowest BCUT2D eigenvalue weighted by atomic mass is 9.81. The molecule has 1 amide bonds. The largest absolute Gasteiger partial charge is 0.288 e. The second-order valence-corrected chi connectivity index (χ2v) is 6.76. The van der Waals surface area contributed by atoms with Crippen LogP contribution in [0.25, 0.3) is 10.8 Å². The fourth-order valence-corrected chi connectivity index (χ4v) is 3.36. The van der Waals surface area contributed by atoms with Crippen LogP contribution in [0.2, 0.25) is 0 Å². The molecule has 0 saturated heterocycles. The molecule has 2 aromatic rings. The van der Waals surface area contributed by atoms with Gasteiger partial charge in [-0.3, -0.25) is 10.0 Å². The van der Waals surface area contributed by atoms with Gasteiger partial charge >= 0.3 is 0 Å². The third-order valence-corrected chi connectivity index (χ3v) is 5.05. The van der Waals surface area contributed by atoms with Crippen molar-refractivity contribution in [3.05, 3.63) is 60.2 Å². The van der Waals surface area contributed by atoms with Crippen LogP contribution in [-0.4, -0.2) is 11.1 Å². The van der Waals surface area contributed by atoms with Crippen LogP contribution in [0.15, 0.2) is 54.6 Å². The van der Waals surface area contributed by atoms with Crippen molar-refractivity contribution in [2.45, 2.75) is 65.7 Å². The average molecular weight is 370 g/mol. The zero-order valence-electron chi connectivity index (χ0n) is 17.2. The Morgan fingerprint density at radius 2 is 1.81 bits per heavy atom. The fraction of sp³-hybridized carbons (Fsp3) is 0.458. The molecule has 148 valence electrons.